The molecule has 0 radical (unpaired) electrons. The van der Waals surface area contributed by atoms with Crippen LogP contribution in [0, 0.1) is 5.82 Å². The first-order chi connectivity index (χ1) is 8.07. The van der Waals surface area contributed by atoms with Gasteiger partial charge in [0.15, 0.2) is 0 Å². The van der Waals surface area contributed by atoms with Gasteiger partial charge in [-0.15, -0.1) is 0 Å². The normalized spacial score (nSPS) is 29.0. The second kappa shape index (κ2) is 3.84. The molecule has 0 N–H and O–H groups in total. The van der Waals surface area contributed by atoms with E-state index in [0.717, 1.165) is 29.6 Å². The molecular weight excluding hydrogens is 283 g/mol. The summed E-state index contributed by atoms with van der Waals surface area (Å²) in [7, 11) is 0. The van der Waals surface area contributed by atoms with Crippen molar-refractivity contribution in [3.63, 3.8) is 0 Å². The zero-order chi connectivity index (χ0) is 12.0. The van der Waals surface area contributed by atoms with E-state index in [4.69, 9.17) is 4.42 Å². The molecule has 0 saturated heterocycles. The fourth-order valence-electron chi connectivity index (χ4n) is 2.70. The minimum Gasteiger partial charge on any atom is -0.460 e. The van der Waals surface area contributed by atoms with Gasteiger partial charge in [0.25, 0.3) is 0 Å². The second-order valence-electron chi connectivity index (χ2n) is 5.19. The summed E-state index contributed by atoms with van der Waals surface area (Å²) in [6.07, 6.45) is 3.36. The summed E-state index contributed by atoms with van der Waals surface area (Å²) >= 11 is 3.66. The van der Waals surface area contributed by atoms with Crippen molar-refractivity contribution in [2.24, 2.45) is 0 Å². The van der Waals surface area contributed by atoms with Crippen LogP contribution in [0.25, 0.3) is 11.0 Å². The maximum Gasteiger partial charge on any atom is 0.134 e. The van der Waals surface area contributed by atoms with Crippen molar-refractivity contribution in [1.82, 2.24) is 0 Å². The van der Waals surface area contributed by atoms with Gasteiger partial charge in [0.05, 0.1) is 0 Å². The molecule has 0 spiro atoms. The SMILES string of the molecule is CC1(c2cc3cc(F)ccc3o2)CCC(Br)C1. The van der Waals surface area contributed by atoms with Gasteiger partial charge in [-0.25, -0.2) is 4.39 Å². The van der Waals surface area contributed by atoms with Crippen molar-refractivity contribution in [2.75, 3.05) is 0 Å². The molecule has 2 unspecified atom stereocenters. The van der Waals surface area contributed by atoms with Gasteiger partial charge in [0, 0.05) is 15.6 Å². The van der Waals surface area contributed by atoms with Crippen LogP contribution in [0.4, 0.5) is 4.39 Å². The van der Waals surface area contributed by atoms with E-state index >= 15 is 0 Å². The van der Waals surface area contributed by atoms with Crippen molar-refractivity contribution in [1.29, 1.82) is 0 Å². The summed E-state index contributed by atoms with van der Waals surface area (Å²) < 4.78 is 19.0. The Labute approximate surface area is 108 Å². The summed E-state index contributed by atoms with van der Waals surface area (Å²) in [5.41, 5.74) is 0.865. The molecule has 1 saturated carbocycles. The quantitative estimate of drug-likeness (QED) is 0.691. The van der Waals surface area contributed by atoms with Gasteiger partial charge in [-0.3, -0.25) is 0 Å². The van der Waals surface area contributed by atoms with Gasteiger partial charge in [0.2, 0.25) is 0 Å². The Morgan fingerprint density at radius 1 is 1.41 bits per heavy atom. The molecule has 17 heavy (non-hydrogen) atoms. The van der Waals surface area contributed by atoms with Gasteiger partial charge in [-0.2, -0.15) is 0 Å². The van der Waals surface area contributed by atoms with Crippen molar-refractivity contribution in [2.45, 2.75) is 36.4 Å². The van der Waals surface area contributed by atoms with Crippen LogP contribution >= 0.6 is 15.9 Å². The van der Waals surface area contributed by atoms with E-state index in [1.807, 2.05) is 6.07 Å². The van der Waals surface area contributed by atoms with E-state index in [9.17, 15) is 4.39 Å². The van der Waals surface area contributed by atoms with Crippen molar-refractivity contribution >= 4 is 26.9 Å². The molecule has 0 aliphatic heterocycles. The van der Waals surface area contributed by atoms with Crippen LogP contribution in [0.1, 0.15) is 31.9 Å². The predicted molar refractivity (Wildman–Crippen MR) is 70.1 cm³/mol. The second-order valence-corrected chi connectivity index (χ2v) is 6.49. The average molecular weight is 297 g/mol. The number of hydrogen-bond acceptors (Lipinski definition) is 1. The maximum absolute atomic E-state index is 13.1. The Morgan fingerprint density at radius 2 is 2.24 bits per heavy atom. The molecule has 90 valence electrons. The standard InChI is InChI=1S/C14H14BrFO/c1-14(5-4-10(15)8-14)13-7-9-6-11(16)2-3-12(9)17-13/h2-3,6-7,10H,4-5,8H2,1H3. The zero-order valence-electron chi connectivity index (χ0n) is 9.67. The minimum absolute atomic E-state index is 0.0870. The molecule has 1 aliphatic carbocycles. The Kier molecular flexibility index (Phi) is 2.54. The van der Waals surface area contributed by atoms with Crippen molar-refractivity contribution < 1.29 is 8.81 Å². The number of benzene rings is 1. The third-order valence-corrected chi connectivity index (χ3v) is 4.54. The number of alkyl halides is 1. The highest BCUT2D eigenvalue weighted by molar-refractivity contribution is 9.09. The first kappa shape index (κ1) is 11.3. The molecule has 1 aromatic carbocycles. The molecule has 0 amide bonds. The highest BCUT2D eigenvalue weighted by Crippen LogP contribution is 2.45. The zero-order valence-corrected chi connectivity index (χ0v) is 11.3. The molecule has 1 heterocycles. The lowest BCUT2D eigenvalue weighted by atomic mass is 9.86. The lowest BCUT2D eigenvalue weighted by Crippen LogP contribution is -2.16. The molecule has 1 aromatic heterocycles. The fraction of sp³-hybridized carbons (Fsp3) is 0.429. The molecule has 3 rings (SSSR count). The molecule has 1 aliphatic rings. The minimum atomic E-state index is -0.209. The Morgan fingerprint density at radius 3 is 2.94 bits per heavy atom. The van der Waals surface area contributed by atoms with Crippen LogP contribution in [0.3, 0.4) is 0 Å². The van der Waals surface area contributed by atoms with Crippen LogP contribution in [0.5, 0.6) is 0 Å². The third-order valence-electron chi connectivity index (χ3n) is 3.75. The van der Waals surface area contributed by atoms with Crippen LogP contribution in [-0.4, -0.2) is 4.83 Å². The smallest absolute Gasteiger partial charge is 0.134 e. The fourth-order valence-corrected chi connectivity index (χ4v) is 3.65. The Bertz CT molecular complexity index is 562. The van der Waals surface area contributed by atoms with E-state index in [0.29, 0.717) is 4.83 Å². The predicted octanol–water partition coefficient (Wildman–Crippen LogP) is 4.78. The van der Waals surface area contributed by atoms with Gasteiger partial charge in [-0.05, 0) is 43.5 Å². The number of rotatable bonds is 1. The molecule has 1 nitrogen and oxygen atoms in total. The summed E-state index contributed by atoms with van der Waals surface area (Å²) in [6, 6.07) is 6.67. The molecule has 3 heteroatoms. The number of fused-ring (bicyclic) bond motifs is 1. The molecule has 2 aromatic rings. The van der Waals surface area contributed by atoms with Gasteiger partial charge in [-0.1, -0.05) is 22.9 Å². The highest BCUT2D eigenvalue weighted by atomic mass is 79.9. The van der Waals surface area contributed by atoms with Gasteiger partial charge >= 0.3 is 0 Å². The maximum atomic E-state index is 13.1. The molecule has 2 atom stereocenters. The largest absolute Gasteiger partial charge is 0.460 e. The van der Waals surface area contributed by atoms with Crippen LogP contribution in [0.2, 0.25) is 0 Å². The van der Waals surface area contributed by atoms with Crippen LogP contribution in [-0.2, 0) is 5.41 Å². The molecule has 0 bridgehead atoms. The first-order valence-electron chi connectivity index (χ1n) is 5.90. The van der Waals surface area contributed by atoms with E-state index in [-0.39, 0.29) is 11.2 Å². The summed E-state index contributed by atoms with van der Waals surface area (Å²) in [6.45, 7) is 2.22. The monoisotopic (exact) mass is 296 g/mol. The van der Waals surface area contributed by atoms with Crippen molar-refractivity contribution in [3.8, 4) is 0 Å². The molecular formula is C14H14BrFO. The highest BCUT2D eigenvalue weighted by Gasteiger charge is 2.38. The first-order valence-corrected chi connectivity index (χ1v) is 6.82. The Hall–Kier alpha value is -0.830. The summed E-state index contributed by atoms with van der Waals surface area (Å²) in [4.78, 5) is 0.567. The average Bonchev–Trinajstić information content (AvgIpc) is 2.83. The van der Waals surface area contributed by atoms with Gasteiger partial charge < -0.3 is 4.42 Å². The van der Waals surface area contributed by atoms with E-state index < -0.39 is 0 Å². The Balaban J connectivity index is 2.06. The number of furan rings is 1. The third kappa shape index (κ3) is 1.90. The topological polar surface area (TPSA) is 13.1 Å². The van der Waals surface area contributed by atoms with Gasteiger partial charge in [0.1, 0.15) is 17.2 Å². The van der Waals surface area contributed by atoms with E-state index in [2.05, 4.69) is 22.9 Å². The molecule has 1 fully saturated rings. The lowest BCUT2D eigenvalue weighted by Gasteiger charge is -2.20. The van der Waals surface area contributed by atoms with Crippen LogP contribution < -0.4 is 0 Å². The van der Waals surface area contributed by atoms with E-state index in [1.165, 1.54) is 18.6 Å². The summed E-state index contributed by atoms with van der Waals surface area (Å²) in [5, 5.41) is 0.860. The number of halogens is 2. The van der Waals surface area contributed by atoms with Crippen LogP contribution in [0.15, 0.2) is 28.7 Å². The lowest BCUT2D eigenvalue weighted by molar-refractivity contribution is 0.382. The van der Waals surface area contributed by atoms with E-state index in [1.54, 1.807) is 6.07 Å². The summed E-state index contributed by atoms with van der Waals surface area (Å²) in [5.74, 6) is 0.778. The van der Waals surface area contributed by atoms with Crippen molar-refractivity contribution in [3.05, 3.63) is 35.8 Å². The number of hydrogen-bond donors (Lipinski definition) is 0.